The van der Waals surface area contributed by atoms with Crippen LogP contribution in [0.1, 0.15) is 33.6 Å². The van der Waals surface area contributed by atoms with Gasteiger partial charge in [0.25, 0.3) is 11.8 Å². The SMILES string of the molecule is CS(=O)(=O)c1cccc(NC(=O)CCCN2C(=O)c3cccc4cccc(c34)C2=O)c1. The molecule has 3 aromatic rings. The first kappa shape index (κ1) is 20.7. The molecule has 3 aromatic carbocycles. The van der Waals surface area contributed by atoms with Crippen molar-refractivity contribution in [2.45, 2.75) is 17.7 Å². The number of nitrogens with zero attached hydrogens (tertiary/aromatic N) is 1. The Morgan fingerprint density at radius 1 is 0.935 bits per heavy atom. The molecule has 3 amide bonds. The fraction of sp³-hybridized carbons (Fsp3) is 0.174. The molecule has 0 aromatic heterocycles. The van der Waals surface area contributed by atoms with Crippen LogP contribution in [0, 0.1) is 0 Å². The van der Waals surface area contributed by atoms with Crippen LogP contribution in [-0.2, 0) is 14.6 Å². The van der Waals surface area contributed by atoms with Crippen molar-refractivity contribution in [2.75, 3.05) is 18.1 Å². The zero-order chi connectivity index (χ0) is 22.2. The second kappa shape index (κ2) is 7.96. The van der Waals surface area contributed by atoms with E-state index in [4.69, 9.17) is 0 Å². The van der Waals surface area contributed by atoms with Crippen LogP contribution in [0.4, 0.5) is 5.69 Å². The third-order valence-corrected chi connectivity index (χ3v) is 6.30. The van der Waals surface area contributed by atoms with E-state index >= 15 is 0 Å². The van der Waals surface area contributed by atoms with Gasteiger partial charge in [0.15, 0.2) is 9.84 Å². The average Bonchev–Trinajstić information content (AvgIpc) is 2.74. The fourth-order valence-corrected chi connectivity index (χ4v) is 4.38. The second-order valence-electron chi connectivity index (χ2n) is 7.42. The highest BCUT2D eigenvalue weighted by molar-refractivity contribution is 7.90. The number of carbonyl (C=O) groups is 3. The minimum Gasteiger partial charge on any atom is -0.326 e. The topological polar surface area (TPSA) is 101 Å². The summed E-state index contributed by atoms with van der Waals surface area (Å²) in [5, 5.41) is 4.16. The Morgan fingerprint density at radius 2 is 1.55 bits per heavy atom. The number of hydrogen-bond acceptors (Lipinski definition) is 5. The summed E-state index contributed by atoms with van der Waals surface area (Å²) in [5.74, 6) is -1.06. The normalized spacial score (nSPS) is 13.5. The Morgan fingerprint density at radius 3 is 2.16 bits per heavy atom. The molecule has 0 radical (unpaired) electrons. The number of sulfone groups is 1. The third-order valence-electron chi connectivity index (χ3n) is 5.19. The van der Waals surface area contributed by atoms with Crippen LogP contribution in [-0.4, -0.2) is 43.8 Å². The molecule has 8 heteroatoms. The van der Waals surface area contributed by atoms with E-state index in [0.29, 0.717) is 22.2 Å². The molecule has 0 spiro atoms. The van der Waals surface area contributed by atoms with Crippen LogP contribution >= 0.6 is 0 Å². The Kier molecular flexibility index (Phi) is 5.32. The number of amides is 3. The van der Waals surface area contributed by atoms with E-state index in [1.165, 1.54) is 17.0 Å². The van der Waals surface area contributed by atoms with Gasteiger partial charge in [0.2, 0.25) is 5.91 Å². The third kappa shape index (κ3) is 4.06. The molecule has 7 nitrogen and oxygen atoms in total. The second-order valence-corrected chi connectivity index (χ2v) is 9.44. The number of nitrogens with one attached hydrogen (secondary N) is 1. The molecule has 158 valence electrons. The smallest absolute Gasteiger partial charge is 0.261 e. The van der Waals surface area contributed by atoms with Crippen LogP contribution in [0.5, 0.6) is 0 Å². The van der Waals surface area contributed by atoms with Crippen molar-refractivity contribution in [1.29, 1.82) is 0 Å². The number of anilines is 1. The maximum Gasteiger partial charge on any atom is 0.261 e. The molecule has 1 aliphatic rings. The Hall–Kier alpha value is -3.52. The van der Waals surface area contributed by atoms with E-state index in [9.17, 15) is 22.8 Å². The van der Waals surface area contributed by atoms with Gasteiger partial charge in [-0.05, 0) is 42.1 Å². The van der Waals surface area contributed by atoms with Crippen LogP contribution in [0.3, 0.4) is 0 Å². The van der Waals surface area contributed by atoms with Gasteiger partial charge in [0, 0.05) is 41.4 Å². The van der Waals surface area contributed by atoms with Gasteiger partial charge in [-0.15, -0.1) is 0 Å². The predicted octanol–water partition coefficient (Wildman–Crippen LogP) is 3.26. The van der Waals surface area contributed by atoms with Gasteiger partial charge in [-0.2, -0.15) is 0 Å². The van der Waals surface area contributed by atoms with E-state index in [1.54, 1.807) is 36.4 Å². The highest BCUT2D eigenvalue weighted by Gasteiger charge is 2.32. The summed E-state index contributed by atoms with van der Waals surface area (Å²) >= 11 is 0. The van der Waals surface area contributed by atoms with Gasteiger partial charge in [0.1, 0.15) is 0 Å². The number of imide groups is 1. The summed E-state index contributed by atoms with van der Waals surface area (Å²) in [5.41, 5.74) is 1.34. The maximum absolute atomic E-state index is 12.9. The molecule has 0 saturated heterocycles. The minimum atomic E-state index is -3.38. The summed E-state index contributed by atoms with van der Waals surface area (Å²) in [6.07, 6.45) is 1.46. The first-order valence-corrected chi connectivity index (χ1v) is 11.6. The van der Waals surface area contributed by atoms with Gasteiger partial charge >= 0.3 is 0 Å². The van der Waals surface area contributed by atoms with Crippen molar-refractivity contribution in [1.82, 2.24) is 4.90 Å². The lowest BCUT2D eigenvalue weighted by atomic mass is 9.94. The van der Waals surface area contributed by atoms with Crippen LogP contribution < -0.4 is 5.32 Å². The molecule has 1 heterocycles. The fourth-order valence-electron chi connectivity index (χ4n) is 3.71. The molecule has 1 N–H and O–H groups in total. The Balaban J connectivity index is 1.42. The lowest BCUT2D eigenvalue weighted by Crippen LogP contribution is -2.41. The largest absolute Gasteiger partial charge is 0.326 e. The monoisotopic (exact) mass is 436 g/mol. The summed E-state index contributed by atoms with van der Waals surface area (Å²) < 4.78 is 23.3. The van der Waals surface area contributed by atoms with E-state index in [-0.39, 0.29) is 42.0 Å². The van der Waals surface area contributed by atoms with Gasteiger partial charge < -0.3 is 5.32 Å². The molecule has 1 aliphatic heterocycles. The average molecular weight is 436 g/mol. The number of benzene rings is 3. The molecule has 0 fully saturated rings. The summed E-state index contributed by atoms with van der Waals surface area (Å²) in [7, 11) is -3.38. The molecule has 31 heavy (non-hydrogen) atoms. The predicted molar refractivity (Wildman–Crippen MR) is 117 cm³/mol. The number of carbonyl (C=O) groups excluding carboxylic acids is 3. The van der Waals surface area contributed by atoms with Crippen molar-refractivity contribution in [3.05, 3.63) is 71.8 Å². The lowest BCUT2D eigenvalue weighted by molar-refractivity contribution is -0.116. The van der Waals surface area contributed by atoms with Crippen molar-refractivity contribution >= 4 is 44.0 Å². The summed E-state index contributed by atoms with van der Waals surface area (Å²) in [6, 6.07) is 16.7. The first-order valence-electron chi connectivity index (χ1n) is 9.73. The summed E-state index contributed by atoms with van der Waals surface area (Å²) in [4.78, 5) is 39.3. The van der Waals surface area contributed by atoms with E-state index < -0.39 is 9.84 Å². The van der Waals surface area contributed by atoms with Crippen molar-refractivity contribution < 1.29 is 22.8 Å². The molecule has 4 rings (SSSR count). The van der Waals surface area contributed by atoms with Crippen LogP contribution in [0.2, 0.25) is 0 Å². The van der Waals surface area contributed by atoms with Gasteiger partial charge in [-0.1, -0.05) is 30.3 Å². The first-order chi connectivity index (χ1) is 14.8. The number of hydrogen-bond donors (Lipinski definition) is 1. The minimum absolute atomic E-state index is 0.0754. The highest BCUT2D eigenvalue weighted by Crippen LogP contribution is 2.30. The molecule has 0 unspecified atom stereocenters. The van der Waals surface area contributed by atoms with E-state index in [2.05, 4.69) is 5.32 Å². The molecule has 0 bridgehead atoms. The number of rotatable bonds is 6. The van der Waals surface area contributed by atoms with E-state index in [0.717, 1.165) is 11.6 Å². The maximum atomic E-state index is 12.9. The standard InChI is InChI=1S/C23H20N2O5S/c1-31(29,30)17-9-4-8-16(14-17)24-20(26)12-5-13-25-22(27)18-10-2-6-15-7-3-11-19(21(15)18)23(25)28/h2-4,6-11,14H,5,12-13H2,1H3,(H,24,26). The van der Waals surface area contributed by atoms with Gasteiger partial charge in [-0.25, -0.2) is 8.42 Å². The Labute approximate surface area is 179 Å². The molecular formula is C23H20N2O5S. The summed E-state index contributed by atoms with van der Waals surface area (Å²) in [6.45, 7) is 0.110. The molecular weight excluding hydrogens is 416 g/mol. The van der Waals surface area contributed by atoms with Crippen molar-refractivity contribution in [3.8, 4) is 0 Å². The van der Waals surface area contributed by atoms with Crippen LogP contribution in [0.15, 0.2) is 65.6 Å². The molecule has 0 aliphatic carbocycles. The van der Waals surface area contributed by atoms with Crippen LogP contribution in [0.25, 0.3) is 10.8 Å². The van der Waals surface area contributed by atoms with Gasteiger partial charge in [0.05, 0.1) is 4.90 Å². The molecule has 0 saturated carbocycles. The highest BCUT2D eigenvalue weighted by atomic mass is 32.2. The van der Waals surface area contributed by atoms with Gasteiger partial charge in [-0.3, -0.25) is 19.3 Å². The Bertz CT molecular complexity index is 1280. The van der Waals surface area contributed by atoms with Crippen molar-refractivity contribution in [3.63, 3.8) is 0 Å². The lowest BCUT2D eigenvalue weighted by Gasteiger charge is -2.27. The van der Waals surface area contributed by atoms with Crippen molar-refractivity contribution in [2.24, 2.45) is 0 Å². The molecule has 0 atom stereocenters. The zero-order valence-electron chi connectivity index (χ0n) is 16.8. The quantitative estimate of drug-likeness (QED) is 0.598. The van der Waals surface area contributed by atoms with E-state index in [1.807, 2.05) is 12.1 Å². The zero-order valence-corrected chi connectivity index (χ0v) is 17.6.